The van der Waals surface area contributed by atoms with Crippen LogP contribution >= 0.6 is 0 Å². The minimum atomic E-state index is 0.804. The van der Waals surface area contributed by atoms with Crippen molar-refractivity contribution in [3.8, 4) is 33.8 Å². The third-order valence-corrected chi connectivity index (χ3v) is 10.6. The summed E-state index contributed by atoms with van der Waals surface area (Å²) < 4.78 is 11.9. The lowest BCUT2D eigenvalue weighted by Crippen LogP contribution is -1.93. The Labute approximate surface area is 282 Å². The van der Waals surface area contributed by atoms with Gasteiger partial charge in [0.1, 0.15) is 11.5 Å². The summed E-state index contributed by atoms with van der Waals surface area (Å²) in [5.41, 5.74) is 21.1. The van der Waals surface area contributed by atoms with Crippen LogP contribution < -0.4 is 9.47 Å². The Morgan fingerprint density at radius 3 is 1.23 bits per heavy atom. The lowest BCUT2D eigenvalue weighted by atomic mass is 9.96. The molecule has 2 aromatic carbocycles. The second-order valence-corrected chi connectivity index (χ2v) is 13.0. The quantitative estimate of drug-likeness (QED) is 0.206. The largest absolute Gasteiger partial charge is 0.496 e. The minimum absolute atomic E-state index is 0.804. The van der Waals surface area contributed by atoms with E-state index in [-0.39, 0.29) is 0 Å². The first-order valence-electron chi connectivity index (χ1n) is 16.4. The Kier molecular flexibility index (Phi) is 7.62. The molecule has 6 nitrogen and oxygen atoms in total. The van der Waals surface area contributed by atoms with Crippen LogP contribution in [0.4, 0.5) is 0 Å². The van der Waals surface area contributed by atoms with Crippen molar-refractivity contribution >= 4 is 44.4 Å². The molecule has 7 rings (SSSR count). The normalized spacial score (nSPS) is 13.0. The highest BCUT2D eigenvalue weighted by Gasteiger charge is 2.25. The number of para-hydroxylation sites is 2. The van der Waals surface area contributed by atoms with Gasteiger partial charge in [-0.1, -0.05) is 36.4 Å². The van der Waals surface area contributed by atoms with E-state index in [1.54, 1.807) is 14.2 Å². The first-order chi connectivity index (χ1) is 23.0. The number of aryl methyl sites for hydroxylation is 4. The van der Waals surface area contributed by atoms with Crippen LogP contribution in [-0.2, 0) is 0 Å². The average Bonchev–Trinajstić information content (AvgIpc) is 3.73. The number of aromatic nitrogens is 4. The molecule has 0 atom stereocenters. The van der Waals surface area contributed by atoms with E-state index in [0.717, 1.165) is 101 Å². The molecule has 5 heterocycles. The molecule has 0 aliphatic carbocycles. The van der Waals surface area contributed by atoms with Gasteiger partial charge in [0.25, 0.3) is 0 Å². The number of nitrogens with one attached hydrogen (secondary N) is 2. The minimum Gasteiger partial charge on any atom is -0.496 e. The number of rotatable bonds is 4. The second-order valence-electron chi connectivity index (χ2n) is 13.0. The lowest BCUT2D eigenvalue weighted by molar-refractivity contribution is 0.416. The summed E-state index contributed by atoms with van der Waals surface area (Å²) in [4.78, 5) is 18.4. The summed E-state index contributed by atoms with van der Waals surface area (Å²) in [6.45, 7) is 17.4. The highest BCUT2D eigenvalue weighted by molar-refractivity contribution is 6.03. The summed E-state index contributed by atoms with van der Waals surface area (Å²) in [6.07, 6.45) is 0. The number of fused-ring (bicyclic) bond motifs is 8. The zero-order valence-corrected chi connectivity index (χ0v) is 29.5. The molecular weight excluding hydrogens is 592 g/mol. The summed E-state index contributed by atoms with van der Waals surface area (Å²) in [6, 6.07) is 20.8. The van der Waals surface area contributed by atoms with Gasteiger partial charge < -0.3 is 19.4 Å². The van der Waals surface area contributed by atoms with Crippen molar-refractivity contribution in [3.05, 3.63) is 106 Å². The van der Waals surface area contributed by atoms with Gasteiger partial charge in [0.05, 0.1) is 48.0 Å². The third kappa shape index (κ3) is 4.69. The van der Waals surface area contributed by atoms with Crippen LogP contribution in [0.1, 0.15) is 72.7 Å². The first kappa shape index (κ1) is 31.3. The fourth-order valence-corrected chi connectivity index (χ4v) is 7.03. The van der Waals surface area contributed by atoms with Gasteiger partial charge in [0, 0.05) is 33.3 Å². The third-order valence-electron chi connectivity index (χ3n) is 10.6. The molecule has 5 aromatic rings. The van der Waals surface area contributed by atoms with E-state index in [9.17, 15) is 0 Å². The molecule has 48 heavy (non-hydrogen) atoms. The summed E-state index contributed by atoms with van der Waals surface area (Å²) in [5.74, 6) is 1.61. The Morgan fingerprint density at radius 1 is 0.479 bits per heavy atom. The first-order valence-corrected chi connectivity index (χ1v) is 16.4. The molecular formula is C42H42N4O2. The highest BCUT2D eigenvalue weighted by Crippen LogP contribution is 2.44. The average molecular weight is 635 g/mol. The maximum atomic E-state index is 5.93. The molecule has 0 amide bonds. The van der Waals surface area contributed by atoms with Gasteiger partial charge in [-0.25, -0.2) is 9.97 Å². The topological polar surface area (TPSA) is 75.8 Å². The number of benzene rings is 2. The molecule has 0 unspecified atom stereocenters. The van der Waals surface area contributed by atoms with E-state index in [2.05, 4.69) is 102 Å². The summed E-state index contributed by atoms with van der Waals surface area (Å²) >= 11 is 0. The van der Waals surface area contributed by atoms with Crippen molar-refractivity contribution in [2.75, 3.05) is 14.2 Å². The second kappa shape index (κ2) is 11.7. The molecule has 6 heteroatoms. The molecule has 242 valence electrons. The van der Waals surface area contributed by atoms with Crippen LogP contribution in [0.5, 0.6) is 11.5 Å². The van der Waals surface area contributed by atoms with Crippen LogP contribution in [0.3, 0.4) is 0 Å². The van der Waals surface area contributed by atoms with Gasteiger partial charge in [-0.05, 0) is 124 Å². The van der Waals surface area contributed by atoms with Crippen molar-refractivity contribution in [3.63, 3.8) is 0 Å². The molecule has 2 N–H and O–H groups in total. The van der Waals surface area contributed by atoms with Crippen molar-refractivity contribution in [1.82, 2.24) is 19.9 Å². The maximum absolute atomic E-state index is 5.93. The standard InChI is InChI=1S/C42H42N4O2/c1-21-25(5)39-37(29-15-11-13-17-35(29)47-9)40-27(7)23(3)33(45-40)20-34-24(4)28(8)42(46-34)38(30-16-12-14-18-36(30)48-10)41-26(6)22(2)32(44-41)19-31(21)43-39/h11-20,43,46H,1-10H3. The Bertz CT molecular complexity index is 2230. The zero-order valence-electron chi connectivity index (χ0n) is 29.5. The number of H-pyrrole nitrogens is 2. The predicted molar refractivity (Wildman–Crippen MR) is 200 cm³/mol. The number of hydrogen-bond donors (Lipinski definition) is 2. The number of nitrogens with zero attached hydrogens (tertiary/aromatic N) is 2. The number of allylic oxidation sites excluding steroid dienone is 4. The van der Waals surface area contributed by atoms with Crippen molar-refractivity contribution in [1.29, 1.82) is 0 Å². The smallest absolute Gasteiger partial charge is 0.126 e. The fraction of sp³-hybridized carbons (Fsp3) is 0.238. The van der Waals surface area contributed by atoms with E-state index in [1.165, 1.54) is 22.3 Å². The van der Waals surface area contributed by atoms with Crippen LogP contribution in [0.2, 0.25) is 0 Å². The Hall–Kier alpha value is -5.36. The van der Waals surface area contributed by atoms with Crippen LogP contribution in [-0.4, -0.2) is 34.2 Å². The molecule has 8 bridgehead atoms. The predicted octanol–water partition coefficient (Wildman–Crippen LogP) is 10.8. The molecule has 2 aliphatic heterocycles. The molecule has 0 fully saturated rings. The number of hydrogen-bond acceptors (Lipinski definition) is 4. The van der Waals surface area contributed by atoms with Gasteiger partial charge in [-0.15, -0.1) is 0 Å². The lowest BCUT2D eigenvalue weighted by Gasteiger charge is -2.12. The number of aromatic amines is 2. The Balaban J connectivity index is 1.75. The van der Waals surface area contributed by atoms with E-state index in [0.29, 0.717) is 0 Å². The molecule has 2 aliphatic rings. The van der Waals surface area contributed by atoms with Gasteiger partial charge >= 0.3 is 0 Å². The van der Waals surface area contributed by atoms with E-state index in [1.807, 2.05) is 24.3 Å². The molecule has 0 spiro atoms. The monoisotopic (exact) mass is 634 g/mol. The van der Waals surface area contributed by atoms with Crippen LogP contribution in [0, 0.1) is 27.7 Å². The molecule has 3 aromatic heterocycles. The van der Waals surface area contributed by atoms with Gasteiger partial charge in [0.15, 0.2) is 0 Å². The van der Waals surface area contributed by atoms with Gasteiger partial charge in [0.2, 0.25) is 0 Å². The van der Waals surface area contributed by atoms with E-state index < -0.39 is 0 Å². The molecule has 0 saturated carbocycles. The number of ether oxygens (including phenoxy) is 2. The molecule has 0 radical (unpaired) electrons. The van der Waals surface area contributed by atoms with E-state index >= 15 is 0 Å². The zero-order chi connectivity index (χ0) is 34.0. The fourth-order valence-electron chi connectivity index (χ4n) is 7.03. The van der Waals surface area contributed by atoms with Gasteiger partial charge in [-0.2, -0.15) is 0 Å². The molecule has 0 saturated heterocycles. The SMILES string of the molecule is COc1ccccc1-c1c2nc(cc3[nH]c(c(C)c3C)c(-c3ccccc3OC)c3nc(cc4[nH]c1c(C)c4C)C(C)=C3C)C(C)=C2C. The Morgan fingerprint density at radius 2 is 0.854 bits per heavy atom. The van der Waals surface area contributed by atoms with Crippen molar-refractivity contribution < 1.29 is 9.47 Å². The maximum Gasteiger partial charge on any atom is 0.126 e. The number of methoxy groups -OCH3 is 2. The van der Waals surface area contributed by atoms with Crippen molar-refractivity contribution in [2.45, 2.75) is 55.4 Å². The highest BCUT2D eigenvalue weighted by atomic mass is 16.5. The van der Waals surface area contributed by atoms with Gasteiger partial charge in [-0.3, -0.25) is 0 Å². The van der Waals surface area contributed by atoms with Crippen LogP contribution in [0.15, 0.2) is 60.7 Å². The van der Waals surface area contributed by atoms with Crippen molar-refractivity contribution in [2.24, 2.45) is 0 Å². The van der Waals surface area contributed by atoms with E-state index in [4.69, 9.17) is 19.4 Å². The van der Waals surface area contributed by atoms with Crippen LogP contribution in [0.25, 0.3) is 66.6 Å². The summed E-state index contributed by atoms with van der Waals surface area (Å²) in [5, 5.41) is 0. The summed E-state index contributed by atoms with van der Waals surface area (Å²) in [7, 11) is 3.45.